The number of urea groups is 1. The van der Waals surface area contributed by atoms with E-state index in [9.17, 15) is 22.8 Å². The number of hydrogen-bond acceptors (Lipinski definition) is 5. The Morgan fingerprint density at radius 2 is 2.07 bits per heavy atom. The van der Waals surface area contributed by atoms with Gasteiger partial charge >= 0.3 is 12.2 Å². The normalized spacial score (nSPS) is 23.5. The molecule has 2 atom stereocenters. The number of aromatic nitrogens is 1. The van der Waals surface area contributed by atoms with Crippen molar-refractivity contribution in [1.82, 2.24) is 10.3 Å². The van der Waals surface area contributed by atoms with Crippen molar-refractivity contribution in [2.75, 3.05) is 4.90 Å². The number of carbonyl (C=O) groups is 2. The van der Waals surface area contributed by atoms with E-state index in [-0.39, 0.29) is 35.4 Å². The number of hydrogen-bond donors (Lipinski definition) is 1. The van der Waals surface area contributed by atoms with E-state index in [0.29, 0.717) is 12.0 Å². The summed E-state index contributed by atoms with van der Waals surface area (Å²) in [7, 11) is 0. The van der Waals surface area contributed by atoms with E-state index in [4.69, 9.17) is 9.47 Å². The Hall–Kier alpha value is -3.14. The minimum Gasteiger partial charge on any atom is -0.439 e. The fourth-order valence-electron chi connectivity index (χ4n) is 3.46. The minimum atomic E-state index is -4.57. The molecule has 158 valence electrons. The second kappa shape index (κ2) is 6.98. The van der Waals surface area contributed by atoms with E-state index >= 15 is 0 Å². The van der Waals surface area contributed by atoms with Gasteiger partial charge in [0.15, 0.2) is 5.60 Å². The first-order chi connectivity index (χ1) is 14.1. The van der Waals surface area contributed by atoms with E-state index in [1.165, 1.54) is 36.5 Å². The number of rotatable bonds is 4. The van der Waals surface area contributed by atoms with E-state index in [0.717, 1.165) is 11.8 Å². The number of fused-ring (bicyclic) bond motifs is 1. The Morgan fingerprint density at radius 3 is 2.67 bits per heavy atom. The molecule has 10 heteroatoms. The molecular weight excluding hydrogens is 403 g/mol. The predicted molar refractivity (Wildman–Crippen MR) is 99.0 cm³/mol. The SMILES string of the molecule is CC[C@H]1NC(=O)N(c2ccc(Oc3ccc4c(c3)[C@@](C)(C(F)(F)F)OC4)nc2)C1=O. The number of pyridine rings is 1. The van der Waals surface area contributed by atoms with E-state index < -0.39 is 23.9 Å². The summed E-state index contributed by atoms with van der Waals surface area (Å²) in [4.78, 5) is 29.3. The van der Waals surface area contributed by atoms with Gasteiger partial charge in [0, 0.05) is 11.6 Å². The van der Waals surface area contributed by atoms with Gasteiger partial charge in [-0.2, -0.15) is 13.2 Å². The highest BCUT2D eigenvalue weighted by molar-refractivity contribution is 6.21. The second-order valence-electron chi connectivity index (χ2n) is 7.18. The summed E-state index contributed by atoms with van der Waals surface area (Å²) in [6.07, 6.45) is -2.81. The molecule has 0 saturated carbocycles. The molecule has 2 aliphatic rings. The third kappa shape index (κ3) is 3.17. The molecule has 4 rings (SSSR count). The number of benzene rings is 1. The van der Waals surface area contributed by atoms with Crippen LogP contribution in [-0.4, -0.2) is 29.1 Å². The Kier molecular flexibility index (Phi) is 4.69. The van der Waals surface area contributed by atoms with Crippen LogP contribution in [0.5, 0.6) is 11.6 Å². The zero-order valence-electron chi connectivity index (χ0n) is 16.1. The van der Waals surface area contributed by atoms with Crippen molar-refractivity contribution < 1.29 is 32.2 Å². The average Bonchev–Trinajstić information content (AvgIpc) is 3.19. The van der Waals surface area contributed by atoms with Crippen molar-refractivity contribution in [1.29, 1.82) is 0 Å². The molecule has 1 aromatic heterocycles. The van der Waals surface area contributed by atoms with E-state index in [1.54, 1.807) is 6.92 Å². The van der Waals surface area contributed by atoms with Crippen LogP contribution in [-0.2, 0) is 21.7 Å². The number of imide groups is 1. The Labute approximate surface area is 169 Å². The molecule has 0 unspecified atom stereocenters. The quantitative estimate of drug-likeness (QED) is 0.755. The molecule has 1 fully saturated rings. The van der Waals surface area contributed by atoms with Crippen LogP contribution < -0.4 is 15.0 Å². The third-order valence-electron chi connectivity index (χ3n) is 5.28. The predicted octanol–water partition coefficient (Wildman–Crippen LogP) is 4.02. The van der Waals surface area contributed by atoms with Gasteiger partial charge in [-0.15, -0.1) is 0 Å². The van der Waals surface area contributed by atoms with Gasteiger partial charge in [0.1, 0.15) is 11.8 Å². The molecule has 2 aromatic rings. The fraction of sp³-hybridized carbons (Fsp3) is 0.350. The van der Waals surface area contributed by atoms with Gasteiger partial charge in [-0.3, -0.25) is 4.79 Å². The van der Waals surface area contributed by atoms with Gasteiger partial charge < -0.3 is 14.8 Å². The number of nitrogens with one attached hydrogen (secondary N) is 1. The summed E-state index contributed by atoms with van der Waals surface area (Å²) < 4.78 is 50.9. The molecule has 3 amide bonds. The maximum atomic E-state index is 13.4. The average molecular weight is 421 g/mol. The lowest BCUT2D eigenvalue weighted by atomic mass is 9.93. The maximum Gasteiger partial charge on any atom is 0.421 e. The van der Waals surface area contributed by atoms with Gasteiger partial charge in [-0.1, -0.05) is 13.0 Å². The number of carbonyl (C=O) groups excluding carboxylic acids is 2. The molecule has 3 heterocycles. The number of anilines is 1. The van der Waals surface area contributed by atoms with Crippen LogP contribution in [0.4, 0.5) is 23.7 Å². The topological polar surface area (TPSA) is 80.8 Å². The molecular formula is C20H18F3N3O4. The third-order valence-corrected chi connectivity index (χ3v) is 5.28. The summed E-state index contributed by atoms with van der Waals surface area (Å²) in [5.74, 6) is -0.107. The largest absolute Gasteiger partial charge is 0.439 e. The van der Waals surface area contributed by atoms with Crippen molar-refractivity contribution in [2.45, 2.75) is 44.7 Å². The zero-order chi connectivity index (χ0) is 21.7. The van der Waals surface area contributed by atoms with Gasteiger partial charge in [-0.05, 0) is 37.1 Å². The lowest BCUT2D eigenvalue weighted by Gasteiger charge is -2.27. The van der Waals surface area contributed by atoms with Gasteiger partial charge in [0.05, 0.1) is 18.5 Å². The summed E-state index contributed by atoms with van der Waals surface area (Å²) in [5.41, 5.74) is -1.70. The smallest absolute Gasteiger partial charge is 0.421 e. The molecule has 1 aromatic carbocycles. The first-order valence-electron chi connectivity index (χ1n) is 9.26. The van der Waals surface area contributed by atoms with Crippen molar-refractivity contribution in [3.05, 3.63) is 47.7 Å². The molecule has 0 spiro atoms. The summed E-state index contributed by atoms with van der Waals surface area (Å²) in [6, 6.07) is 6.14. The first-order valence-corrected chi connectivity index (χ1v) is 9.26. The van der Waals surface area contributed by atoms with Crippen LogP contribution in [0.1, 0.15) is 31.4 Å². The minimum absolute atomic E-state index is 0.00550. The molecule has 0 bridgehead atoms. The molecule has 1 saturated heterocycles. The highest BCUT2D eigenvalue weighted by atomic mass is 19.4. The van der Waals surface area contributed by atoms with E-state index in [1.807, 2.05) is 0 Å². The summed E-state index contributed by atoms with van der Waals surface area (Å²) in [5, 5.41) is 2.57. The summed E-state index contributed by atoms with van der Waals surface area (Å²) >= 11 is 0. The van der Waals surface area contributed by atoms with Crippen LogP contribution in [0, 0.1) is 0 Å². The van der Waals surface area contributed by atoms with E-state index in [2.05, 4.69) is 10.3 Å². The van der Waals surface area contributed by atoms with Gasteiger partial charge in [0.25, 0.3) is 5.91 Å². The first kappa shape index (κ1) is 20.1. The van der Waals surface area contributed by atoms with Gasteiger partial charge in [0.2, 0.25) is 5.88 Å². The number of halogens is 3. The summed E-state index contributed by atoms with van der Waals surface area (Å²) in [6.45, 7) is 2.63. The Morgan fingerprint density at radius 1 is 1.30 bits per heavy atom. The number of nitrogens with zero attached hydrogens (tertiary/aromatic N) is 2. The maximum absolute atomic E-state index is 13.4. The lowest BCUT2D eigenvalue weighted by Crippen LogP contribution is -2.38. The molecule has 1 N–H and O–H groups in total. The van der Waals surface area contributed by atoms with Crippen LogP contribution in [0.15, 0.2) is 36.5 Å². The molecule has 30 heavy (non-hydrogen) atoms. The Bertz CT molecular complexity index is 1010. The molecule has 7 nitrogen and oxygen atoms in total. The molecule has 0 aliphatic carbocycles. The molecule has 0 radical (unpaired) electrons. The van der Waals surface area contributed by atoms with Crippen molar-refractivity contribution >= 4 is 17.6 Å². The second-order valence-corrected chi connectivity index (χ2v) is 7.18. The highest BCUT2D eigenvalue weighted by Gasteiger charge is 2.57. The van der Waals surface area contributed by atoms with Crippen molar-refractivity contribution in [3.63, 3.8) is 0 Å². The highest BCUT2D eigenvalue weighted by Crippen LogP contribution is 2.48. The fourth-order valence-corrected chi connectivity index (χ4v) is 3.46. The standard InChI is InChI=1S/C20H18F3N3O4/c1-3-15-17(27)26(18(28)25-15)12-5-7-16(24-9-12)30-13-6-4-11-10-29-19(2,14(11)8-13)20(21,22)23/h4-9,15H,3,10H2,1-2H3,(H,25,28)/t15-,19+/m1/s1. The van der Waals surface area contributed by atoms with Gasteiger partial charge in [-0.25, -0.2) is 14.7 Å². The van der Waals surface area contributed by atoms with Crippen molar-refractivity contribution in [2.24, 2.45) is 0 Å². The lowest BCUT2D eigenvalue weighted by molar-refractivity contribution is -0.272. The number of ether oxygens (including phenoxy) is 2. The van der Waals surface area contributed by atoms with Crippen molar-refractivity contribution in [3.8, 4) is 11.6 Å². The monoisotopic (exact) mass is 421 g/mol. The zero-order valence-corrected chi connectivity index (χ0v) is 16.1. The van der Waals surface area contributed by atoms with Crippen LogP contribution in [0.2, 0.25) is 0 Å². The molecule has 2 aliphatic heterocycles. The van der Waals surface area contributed by atoms with Crippen LogP contribution >= 0.6 is 0 Å². The number of amides is 3. The number of alkyl halides is 3. The van der Waals surface area contributed by atoms with Crippen LogP contribution in [0.25, 0.3) is 0 Å². The Balaban J connectivity index is 1.55. The van der Waals surface area contributed by atoms with Crippen LogP contribution in [0.3, 0.4) is 0 Å².